The maximum atomic E-state index is 13.3. The standard InChI is InChI=1S/C16H16FN7O/c1-8-13(9(2)24-16(23(8)3)18-7-19-24)15(25)20-14-11-5-4-10(17)6-12(11)21-22-14/h4-7,9H,1-3H3,(H2,20,21,22,25)/t9-/m1/s1. The van der Waals surface area contributed by atoms with Crippen LogP contribution in [0.4, 0.5) is 16.2 Å². The van der Waals surface area contributed by atoms with Crippen molar-refractivity contribution in [3.63, 3.8) is 0 Å². The monoisotopic (exact) mass is 341 g/mol. The number of halogens is 1. The quantitative estimate of drug-likeness (QED) is 0.746. The average molecular weight is 341 g/mol. The number of hydrogen-bond acceptors (Lipinski definition) is 5. The van der Waals surface area contributed by atoms with Crippen molar-refractivity contribution >= 4 is 28.6 Å². The van der Waals surface area contributed by atoms with Crippen LogP contribution < -0.4 is 10.2 Å². The van der Waals surface area contributed by atoms with Crippen molar-refractivity contribution in [2.24, 2.45) is 0 Å². The molecule has 8 nitrogen and oxygen atoms in total. The molecular formula is C16H16FN7O. The largest absolute Gasteiger partial charge is 0.317 e. The van der Waals surface area contributed by atoms with E-state index in [4.69, 9.17) is 0 Å². The maximum Gasteiger partial charge on any atom is 0.256 e. The van der Waals surface area contributed by atoms with Gasteiger partial charge in [-0.15, -0.1) is 0 Å². The van der Waals surface area contributed by atoms with E-state index < -0.39 is 0 Å². The van der Waals surface area contributed by atoms with E-state index in [0.29, 0.717) is 28.2 Å². The Morgan fingerprint density at radius 3 is 3.00 bits per heavy atom. The fourth-order valence-corrected chi connectivity index (χ4v) is 3.13. The van der Waals surface area contributed by atoms with Crippen LogP contribution in [0.15, 0.2) is 35.8 Å². The van der Waals surface area contributed by atoms with Gasteiger partial charge in [-0.1, -0.05) is 0 Å². The zero-order valence-electron chi connectivity index (χ0n) is 13.9. The van der Waals surface area contributed by atoms with E-state index in [1.54, 1.807) is 10.7 Å². The third kappa shape index (κ3) is 2.27. The fraction of sp³-hybridized carbons (Fsp3) is 0.250. The van der Waals surface area contributed by atoms with Crippen LogP contribution in [0.3, 0.4) is 0 Å². The highest BCUT2D eigenvalue weighted by atomic mass is 19.1. The Morgan fingerprint density at radius 2 is 2.20 bits per heavy atom. The van der Waals surface area contributed by atoms with Crippen molar-refractivity contribution in [2.75, 3.05) is 17.3 Å². The van der Waals surface area contributed by atoms with E-state index in [-0.39, 0.29) is 17.8 Å². The first-order chi connectivity index (χ1) is 12.0. The van der Waals surface area contributed by atoms with Gasteiger partial charge in [0.15, 0.2) is 5.82 Å². The molecule has 0 bridgehead atoms. The number of hydrogen-bond donors (Lipinski definition) is 2. The smallest absolute Gasteiger partial charge is 0.256 e. The Labute approximate surface area is 142 Å². The van der Waals surface area contributed by atoms with Crippen LogP contribution in [0.2, 0.25) is 0 Å². The lowest BCUT2D eigenvalue weighted by molar-refractivity contribution is -0.113. The molecule has 128 valence electrons. The molecule has 9 heteroatoms. The number of aromatic nitrogens is 5. The number of H-pyrrole nitrogens is 1. The van der Waals surface area contributed by atoms with Crippen LogP contribution in [0.25, 0.3) is 10.9 Å². The van der Waals surface area contributed by atoms with Crippen LogP contribution in [0, 0.1) is 5.82 Å². The van der Waals surface area contributed by atoms with E-state index in [1.807, 2.05) is 25.8 Å². The van der Waals surface area contributed by atoms with Gasteiger partial charge in [-0.3, -0.25) is 9.89 Å². The number of anilines is 2. The van der Waals surface area contributed by atoms with Gasteiger partial charge in [0.05, 0.1) is 17.1 Å². The number of nitrogens with zero attached hydrogens (tertiary/aromatic N) is 5. The Balaban J connectivity index is 1.69. The summed E-state index contributed by atoms with van der Waals surface area (Å²) in [6.45, 7) is 3.75. The lowest BCUT2D eigenvalue weighted by Crippen LogP contribution is -2.34. The number of benzene rings is 1. The summed E-state index contributed by atoms with van der Waals surface area (Å²) < 4.78 is 15.0. The predicted octanol–water partition coefficient (Wildman–Crippen LogP) is 2.22. The lowest BCUT2D eigenvalue weighted by atomic mass is 10.0. The van der Waals surface area contributed by atoms with Gasteiger partial charge in [-0.25, -0.2) is 9.07 Å². The molecule has 1 aliphatic rings. The molecule has 2 N–H and O–H groups in total. The summed E-state index contributed by atoms with van der Waals surface area (Å²) in [4.78, 5) is 18.9. The molecule has 2 aromatic heterocycles. The third-order valence-electron chi connectivity index (χ3n) is 4.53. The van der Waals surface area contributed by atoms with Crippen molar-refractivity contribution < 1.29 is 9.18 Å². The average Bonchev–Trinajstić information content (AvgIpc) is 3.20. The molecule has 1 amide bonds. The van der Waals surface area contributed by atoms with E-state index in [9.17, 15) is 9.18 Å². The first kappa shape index (κ1) is 15.3. The summed E-state index contributed by atoms with van der Waals surface area (Å²) in [7, 11) is 1.84. The zero-order chi connectivity index (χ0) is 17.7. The van der Waals surface area contributed by atoms with Gasteiger partial charge in [0.2, 0.25) is 5.95 Å². The van der Waals surface area contributed by atoms with Gasteiger partial charge in [-0.2, -0.15) is 15.2 Å². The fourth-order valence-electron chi connectivity index (χ4n) is 3.13. The molecular weight excluding hydrogens is 325 g/mol. The van der Waals surface area contributed by atoms with E-state index >= 15 is 0 Å². The summed E-state index contributed by atoms with van der Waals surface area (Å²) in [6, 6.07) is 3.98. The van der Waals surface area contributed by atoms with E-state index in [0.717, 1.165) is 5.70 Å². The number of nitrogens with one attached hydrogen (secondary N) is 2. The molecule has 0 saturated heterocycles. The second-order valence-corrected chi connectivity index (χ2v) is 5.95. The SMILES string of the molecule is CC1=C(C(=O)Nc2n[nH]c3cc(F)ccc23)[C@@H](C)n2ncnc2N1C. The Kier molecular flexibility index (Phi) is 3.31. The number of fused-ring (bicyclic) bond motifs is 2. The summed E-state index contributed by atoms with van der Waals surface area (Å²) in [5.74, 6) is 0.395. The molecule has 4 rings (SSSR count). The summed E-state index contributed by atoms with van der Waals surface area (Å²) in [6.07, 6.45) is 1.46. The highest BCUT2D eigenvalue weighted by molar-refractivity contribution is 6.08. The molecule has 1 aromatic carbocycles. The molecule has 3 heterocycles. The van der Waals surface area contributed by atoms with Crippen molar-refractivity contribution in [1.82, 2.24) is 25.0 Å². The molecule has 0 saturated carbocycles. The zero-order valence-corrected chi connectivity index (χ0v) is 13.9. The summed E-state index contributed by atoms with van der Waals surface area (Å²) in [5.41, 5.74) is 1.88. The number of carbonyl (C=O) groups excluding carboxylic acids is 1. The van der Waals surface area contributed by atoms with E-state index in [2.05, 4.69) is 25.6 Å². The Bertz CT molecular complexity index is 1020. The minimum Gasteiger partial charge on any atom is -0.317 e. The second kappa shape index (κ2) is 5.40. The number of allylic oxidation sites excluding steroid dienone is 1. The summed E-state index contributed by atoms with van der Waals surface area (Å²) in [5, 5.41) is 14.5. The van der Waals surface area contributed by atoms with Crippen LogP contribution in [-0.2, 0) is 4.79 Å². The lowest BCUT2D eigenvalue weighted by Gasteiger charge is -2.31. The van der Waals surface area contributed by atoms with Crippen molar-refractivity contribution in [2.45, 2.75) is 19.9 Å². The molecule has 1 atom stereocenters. The molecule has 0 radical (unpaired) electrons. The van der Waals surface area contributed by atoms with Gasteiger partial charge in [-0.05, 0) is 32.0 Å². The van der Waals surface area contributed by atoms with Gasteiger partial charge >= 0.3 is 0 Å². The topological polar surface area (TPSA) is 91.7 Å². The van der Waals surface area contributed by atoms with Crippen molar-refractivity contribution in [3.8, 4) is 0 Å². The first-order valence-electron chi connectivity index (χ1n) is 7.76. The molecule has 1 aliphatic heterocycles. The minimum absolute atomic E-state index is 0.267. The Morgan fingerprint density at radius 1 is 1.40 bits per heavy atom. The number of rotatable bonds is 2. The van der Waals surface area contributed by atoms with Crippen molar-refractivity contribution in [3.05, 3.63) is 41.6 Å². The number of amides is 1. The normalized spacial score (nSPS) is 17.1. The third-order valence-corrected chi connectivity index (χ3v) is 4.53. The minimum atomic E-state index is -0.367. The van der Waals surface area contributed by atoms with Crippen LogP contribution in [0.1, 0.15) is 19.9 Å². The van der Waals surface area contributed by atoms with Crippen LogP contribution in [0.5, 0.6) is 0 Å². The summed E-state index contributed by atoms with van der Waals surface area (Å²) >= 11 is 0. The molecule has 25 heavy (non-hydrogen) atoms. The number of aromatic amines is 1. The van der Waals surface area contributed by atoms with Gasteiger partial charge in [0, 0.05) is 18.1 Å². The molecule has 0 fully saturated rings. The maximum absolute atomic E-state index is 13.3. The van der Waals surface area contributed by atoms with Gasteiger partial charge in [0.25, 0.3) is 5.91 Å². The highest BCUT2D eigenvalue weighted by Gasteiger charge is 2.32. The van der Waals surface area contributed by atoms with Crippen LogP contribution >= 0.6 is 0 Å². The predicted molar refractivity (Wildman–Crippen MR) is 90.5 cm³/mol. The van der Waals surface area contributed by atoms with Crippen molar-refractivity contribution in [1.29, 1.82) is 0 Å². The Hall–Kier alpha value is -3.23. The van der Waals surface area contributed by atoms with Gasteiger partial charge < -0.3 is 10.2 Å². The second-order valence-electron chi connectivity index (χ2n) is 5.95. The van der Waals surface area contributed by atoms with Crippen LogP contribution in [-0.4, -0.2) is 37.9 Å². The molecule has 0 aliphatic carbocycles. The van der Waals surface area contributed by atoms with Gasteiger partial charge in [0.1, 0.15) is 12.1 Å². The highest BCUT2D eigenvalue weighted by Crippen LogP contribution is 2.33. The molecule has 0 spiro atoms. The first-order valence-corrected chi connectivity index (χ1v) is 7.76. The van der Waals surface area contributed by atoms with E-state index in [1.165, 1.54) is 18.5 Å². The number of carbonyl (C=O) groups is 1. The molecule has 0 unspecified atom stereocenters. The molecule has 3 aromatic rings.